The summed E-state index contributed by atoms with van der Waals surface area (Å²) in [5.41, 5.74) is 7.73. The molecule has 0 saturated heterocycles. The second-order valence-corrected chi connectivity index (χ2v) is 3.12. The molecule has 0 saturated carbocycles. The lowest BCUT2D eigenvalue weighted by Gasteiger charge is -2.01. The third kappa shape index (κ3) is 1.39. The summed E-state index contributed by atoms with van der Waals surface area (Å²) in [6.45, 7) is 1.87. The monoisotopic (exact) mass is 206 g/mol. The molecule has 0 unspecified atom stereocenters. The second-order valence-electron chi connectivity index (χ2n) is 3.12. The number of nitrogens with two attached hydrogens (primary N) is 1. The van der Waals surface area contributed by atoms with Crippen LogP contribution < -0.4 is 5.73 Å². The Morgan fingerprint density at radius 1 is 1.53 bits per heavy atom. The molecule has 0 aliphatic carbocycles. The number of hydrogen-bond acceptors (Lipinski definition) is 5. The molecule has 0 spiro atoms. The maximum Gasteiger partial charge on any atom is 0.360 e. The number of aryl methyl sites for hydroxylation is 1. The van der Waals surface area contributed by atoms with E-state index in [0.29, 0.717) is 11.2 Å². The van der Waals surface area contributed by atoms with E-state index >= 15 is 0 Å². The van der Waals surface area contributed by atoms with E-state index in [2.05, 4.69) is 19.7 Å². The van der Waals surface area contributed by atoms with Crippen molar-refractivity contribution in [2.45, 2.75) is 6.92 Å². The Hall–Kier alpha value is -2.11. The van der Waals surface area contributed by atoms with Crippen molar-refractivity contribution < 1.29 is 9.53 Å². The molecule has 0 atom stereocenters. The highest BCUT2D eigenvalue weighted by molar-refractivity contribution is 5.94. The second kappa shape index (κ2) is 3.23. The van der Waals surface area contributed by atoms with Gasteiger partial charge in [0.15, 0.2) is 17.2 Å². The van der Waals surface area contributed by atoms with Crippen molar-refractivity contribution in [2.24, 2.45) is 0 Å². The number of nitrogens with one attached hydrogen (secondary N) is 1. The number of methoxy groups -OCH3 is 1. The summed E-state index contributed by atoms with van der Waals surface area (Å²) in [5.74, 6) is -0.515. The standard InChI is InChI=1S/C9H10N4O2/c1-4-3-11-8-5(4)12-6(7(10)13-8)9(14)15-2/h3H,1-2H3,(H3,10,11,13). The first-order valence-electron chi connectivity index (χ1n) is 4.33. The molecular weight excluding hydrogens is 196 g/mol. The molecule has 0 aliphatic rings. The number of H-pyrrole nitrogens is 1. The van der Waals surface area contributed by atoms with Gasteiger partial charge in [0.1, 0.15) is 5.52 Å². The summed E-state index contributed by atoms with van der Waals surface area (Å²) in [6, 6.07) is 0. The van der Waals surface area contributed by atoms with Crippen LogP contribution in [0.5, 0.6) is 0 Å². The predicted octanol–water partition coefficient (Wildman–Crippen LogP) is 0.635. The van der Waals surface area contributed by atoms with E-state index in [4.69, 9.17) is 5.73 Å². The number of anilines is 1. The van der Waals surface area contributed by atoms with Crippen LogP contribution >= 0.6 is 0 Å². The summed E-state index contributed by atoms with van der Waals surface area (Å²) >= 11 is 0. The fourth-order valence-corrected chi connectivity index (χ4v) is 1.32. The largest absolute Gasteiger partial charge is 0.464 e. The molecule has 6 heteroatoms. The molecule has 2 aromatic rings. The Labute approximate surface area is 85.5 Å². The Morgan fingerprint density at radius 3 is 2.93 bits per heavy atom. The van der Waals surface area contributed by atoms with Crippen LogP contribution in [0.2, 0.25) is 0 Å². The Bertz CT molecular complexity index is 532. The van der Waals surface area contributed by atoms with E-state index in [1.807, 2.05) is 6.92 Å². The van der Waals surface area contributed by atoms with Crippen LogP contribution in [0.3, 0.4) is 0 Å². The minimum Gasteiger partial charge on any atom is -0.464 e. The summed E-state index contributed by atoms with van der Waals surface area (Å²) in [4.78, 5) is 22.3. The molecule has 78 valence electrons. The number of fused-ring (bicyclic) bond motifs is 1. The van der Waals surface area contributed by atoms with Crippen LogP contribution in [0.4, 0.5) is 5.82 Å². The molecule has 0 bridgehead atoms. The van der Waals surface area contributed by atoms with Gasteiger partial charge in [-0.2, -0.15) is 0 Å². The number of ether oxygens (including phenoxy) is 1. The number of rotatable bonds is 1. The average molecular weight is 206 g/mol. The van der Waals surface area contributed by atoms with Crippen molar-refractivity contribution in [1.29, 1.82) is 0 Å². The van der Waals surface area contributed by atoms with Crippen LogP contribution in [-0.2, 0) is 4.74 Å². The van der Waals surface area contributed by atoms with Gasteiger partial charge in [0.05, 0.1) is 7.11 Å². The normalized spacial score (nSPS) is 10.5. The number of carbonyl (C=O) groups excluding carboxylic acids is 1. The van der Waals surface area contributed by atoms with Crippen LogP contribution in [-0.4, -0.2) is 28.0 Å². The zero-order chi connectivity index (χ0) is 11.0. The Balaban J connectivity index is 2.70. The number of hydrogen-bond donors (Lipinski definition) is 2. The predicted molar refractivity (Wildman–Crippen MR) is 54.4 cm³/mol. The van der Waals surface area contributed by atoms with Crippen LogP contribution in [0, 0.1) is 6.92 Å². The number of nitrogen functional groups attached to an aromatic ring is 1. The van der Waals surface area contributed by atoms with Crippen molar-refractivity contribution in [3.63, 3.8) is 0 Å². The third-order valence-electron chi connectivity index (χ3n) is 2.10. The quantitative estimate of drug-likeness (QED) is 0.667. The highest BCUT2D eigenvalue weighted by Gasteiger charge is 2.15. The van der Waals surface area contributed by atoms with Crippen molar-refractivity contribution in [3.05, 3.63) is 17.5 Å². The lowest BCUT2D eigenvalue weighted by molar-refractivity contribution is 0.0595. The van der Waals surface area contributed by atoms with E-state index in [9.17, 15) is 4.79 Å². The van der Waals surface area contributed by atoms with Gasteiger partial charge in [0, 0.05) is 6.20 Å². The van der Waals surface area contributed by atoms with Gasteiger partial charge in [-0.1, -0.05) is 0 Å². The molecule has 0 fully saturated rings. The van der Waals surface area contributed by atoms with Gasteiger partial charge in [-0.3, -0.25) is 0 Å². The first kappa shape index (κ1) is 9.45. The zero-order valence-electron chi connectivity index (χ0n) is 8.37. The van der Waals surface area contributed by atoms with Crippen LogP contribution in [0.15, 0.2) is 6.20 Å². The van der Waals surface area contributed by atoms with E-state index in [1.165, 1.54) is 7.11 Å². The SMILES string of the molecule is COC(=O)c1nc2c(C)c[nH]c2nc1N. The average Bonchev–Trinajstić information content (AvgIpc) is 2.58. The first-order chi connectivity index (χ1) is 7.13. The number of esters is 1. The highest BCUT2D eigenvalue weighted by Crippen LogP contribution is 2.17. The van der Waals surface area contributed by atoms with E-state index < -0.39 is 5.97 Å². The highest BCUT2D eigenvalue weighted by atomic mass is 16.5. The number of aromatic nitrogens is 3. The molecule has 2 rings (SSSR count). The fraction of sp³-hybridized carbons (Fsp3) is 0.222. The van der Waals surface area contributed by atoms with Gasteiger partial charge in [-0.05, 0) is 12.5 Å². The Kier molecular flexibility index (Phi) is 2.03. The summed E-state index contributed by atoms with van der Waals surface area (Å²) < 4.78 is 4.55. The van der Waals surface area contributed by atoms with Gasteiger partial charge in [0.25, 0.3) is 0 Å². The fourth-order valence-electron chi connectivity index (χ4n) is 1.32. The van der Waals surface area contributed by atoms with Crippen molar-refractivity contribution in [2.75, 3.05) is 12.8 Å². The van der Waals surface area contributed by atoms with Crippen molar-refractivity contribution in [1.82, 2.24) is 15.0 Å². The molecule has 0 aliphatic heterocycles. The zero-order valence-corrected chi connectivity index (χ0v) is 8.37. The topological polar surface area (TPSA) is 93.9 Å². The first-order valence-corrected chi connectivity index (χ1v) is 4.33. The lowest BCUT2D eigenvalue weighted by atomic mass is 10.3. The van der Waals surface area contributed by atoms with Gasteiger partial charge in [0.2, 0.25) is 0 Å². The van der Waals surface area contributed by atoms with Crippen LogP contribution in [0.25, 0.3) is 11.2 Å². The molecule has 0 aromatic carbocycles. The molecular formula is C9H10N4O2. The van der Waals surface area contributed by atoms with E-state index in [-0.39, 0.29) is 11.5 Å². The molecule has 6 nitrogen and oxygen atoms in total. The molecule has 0 amide bonds. The molecule has 0 radical (unpaired) electrons. The third-order valence-corrected chi connectivity index (χ3v) is 2.10. The smallest absolute Gasteiger partial charge is 0.360 e. The molecule has 15 heavy (non-hydrogen) atoms. The lowest BCUT2D eigenvalue weighted by Crippen LogP contribution is -2.10. The maximum absolute atomic E-state index is 11.3. The van der Waals surface area contributed by atoms with Gasteiger partial charge >= 0.3 is 5.97 Å². The number of aromatic amines is 1. The molecule has 3 N–H and O–H groups in total. The van der Waals surface area contributed by atoms with Crippen molar-refractivity contribution >= 4 is 23.0 Å². The Morgan fingerprint density at radius 2 is 2.27 bits per heavy atom. The minimum atomic E-state index is -0.581. The van der Waals surface area contributed by atoms with Gasteiger partial charge in [-0.15, -0.1) is 0 Å². The van der Waals surface area contributed by atoms with Crippen LogP contribution in [0.1, 0.15) is 16.1 Å². The van der Waals surface area contributed by atoms with Gasteiger partial charge < -0.3 is 15.5 Å². The summed E-state index contributed by atoms with van der Waals surface area (Å²) in [5, 5.41) is 0. The van der Waals surface area contributed by atoms with Gasteiger partial charge in [-0.25, -0.2) is 14.8 Å². The van der Waals surface area contributed by atoms with E-state index in [1.54, 1.807) is 6.20 Å². The number of carbonyl (C=O) groups is 1. The summed E-state index contributed by atoms with van der Waals surface area (Å²) in [6.07, 6.45) is 1.76. The summed E-state index contributed by atoms with van der Waals surface area (Å²) in [7, 11) is 1.28. The minimum absolute atomic E-state index is 0.0488. The molecule has 2 heterocycles. The van der Waals surface area contributed by atoms with E-state index in [0.717, 1.165) is 5.56 Å². The number of nitrogens with zero attached hydrogens (tertiary/aromatic N) is 2. The molecule has 2 aromatic heterocycles. The maximum atomic E-state index is 11.3. The van der Waals surface area contributed by atoms with Crippen molar-refractivity contribution in [3.8, 4) is 0 Å².